The molecule has 0 bridgehead atoms. The number of amides is 2. The van der Waals surface area contributed by atoms with E-state index in [4.69, 9.17) is 0 Å². The molecule has 3 fully saturated rings. The Balaban J connectivity index is 1.11. The van der Waals surface area contributed by atoms with Crippen LogP contribution >= 0.6 is 0 Å². The third kappa shape index (κ3) is 3.60. The maximum atomic E-state index is 12.5. The van der Waals surface area contributed by atoms with Crippen molar-refractivity contribution in [2.75, 3.05) is 26.2 Å². The highest BCUT2D eigenvalue weighted by molar-refractivity contribution is 5.90. The predicted molar refractivity (Wildman–Crippen MR) is 126 cm³/mol. The van der Waals surface area contributed by atoms with Crippen LogP contribution in [0.3, 0.4) is 0 Å². The average molecular weight is 460 g/mol. The van der Waals surface area contributed by atoms with Crippen LogP contribution in [0.5, 0.6) is 0 Å². The highest BCUT2D eigenvalue weighted by Crippen LogP contribution is 2.45. The summed E-state index contributed by atoms with van der Waals surface area (Å²) in [6.45, 7) is 3.27. The van der Waals surface area contributed by atoms with Gasteiger partial charge in [0.15, 0.2) is 0 Å². The van der Waals surface area contributed by atoms with Crippen LogP contribution in [0.25, 0.3) is 22.3 Å². The first-order valence-electron chi connectivity index (χ1n) is 12.2. The zero-order chi connectivity index (χ0) is 23.1. The van der Waals surface area contributed by atoms with Gasteiger partial charge < -0.3 is 15.2 Å². The van der Waals surface area contributed by atoms with Crippen LogP contribution < -0.4 is 5.32 Å². The lowest BCUT2D eigenvalue weighted by Gasteiger charge is -2.52. The van der Waals surface area contributed by atoms with E-state index < -0.39 is 0 Å². The number of carbonyl (C=O) groups excluding carboxylic acids is 1. The summed E-state index contributed by atoms with van der Waals surface area (Å²) in [5.74, 6) is 0. The average Bonchev–Trinajstić information content (AvgIpc) is 3.48. The first-order valence-corrected chi connectivity index (χ1v) is 12.2. The number of nitrogens with zero attached hydrogens (tertiary/aromatic N) is 7. The fourth-order valence-corrected chi connectivity index (χ4v) is 5.55. The van der Waals surface area contributed by atoms with Crippen LogP contribution in [0, 0.1) is 11.3 Å². The number of hydrogen-bond donors (Lipinski definition) is 2. The molecule has 2 saturated carbocycles. The molecule has 34 heavy (non-hydrogen) atoms. The predicted octanol–water partition coefficient (Wildman–Crippen LogP) is 2.47. The first-order chi connectivity index (χ1) is 16.6. The summed E-state index contributed by atoms with van der Waals surface area (Å²) in [5.41, 5.74) is 2.28. The van der Waals surface area contributed by atoms with Gasteiger partial charge in [0.05, 0.1) is 29.9 Å². The normalized spacial score (nSPS) is 25.5. The van der Waals surface area contributed by atoms with E-state index in [0.717, 1.165) is 74.2 Å². The molecule has 176 valence electrons. The van der Waals surface area contributed by atoms with E-state index in [0.29, 0.717) is 18.5 Å². The zero-order valence-corrected chi connectivity index (χ0v) is 19.2. The summed E-state index contributed by atoms with van der Waals surface area (Å²) in [5, 5.41) is 18.3. The molecule has 2 N–H and O–H groups in total. The Morgan fingerprint density at radius 1 is 1.24 bits per heavy atom. The Morgan fingerprint density at radius 3 is 2.79 bits per heavy atom. The first kappa shape index (κ1) is 21.1. The van der Waals surface area contributed by atoms with Crippen LogP contribution in [0.15, 0.2) is 31.0 Å². The third-order valence-corrected chi connectivity index (χ3v) is 7.89. The van der Waals surface area contributed by atoms with Crippen molar-refractivity contribution in [2.45, 2.75) is 56.1 Å². The minimum Gasteiger partial charge on any atom is -0.346 e. The van der Waals surface area contributed by atoms with Crippen LogP contribution in [0.2, 0.25) is 0 Å². The van der Waals surface area contributed by atoms with Gasteiger partial charge in [-0.1, -0.05) is 0 Å². The second kappa shape index (κ2) is 8.40. The van der Waals surface area contributed by atoms with Gasteiger partial charge in [-0.15, -0.1) is 0 Å². The maximum absolute atomic E-state index is 12.5. The van der Waals surface area contributed by atoms with E-state index in [1.807, 2.05) is 34.2 Å². The maximum Gasteiger partial charge on any atom is 0.317 e. The zero-order valence-electron chi connectivity index (χ0n) is 19.2. The number of rotatable bonds is 5. The summed E-state index contributed by atoms with van der Waals surface area (Å²) in [6, 6.07) is 5.23. The van der Waals surface area contributed by atoms with Gasteiger partial charge in [0.2, 0.25) is 0 Å². The molecule has 1 saturated heterocycles. The van der Waals surface area contributed by atoms with Gasteiger partial charge in [0.1, 0.15) is 12.0 Å². The van der Waals surface area contributed by atoms with Gasteiger partial charge in [-0.2, -0.15) is 10.4 Å². The van der Waals surface area contributed by atoms with Crippen LogP contribution in [0.4, 0.5) is 4.79 Å². The van der Waals surface area contributed by atoms with E-state index in [2.05, 4.69) is 36.3 Å². The quantitative estimate of drug-likeness (QED) is 0.605. The number of aromatic nitrogens is 5. The smallest absolute Gasteiger partial charge is 0.317 e. The fourth-order valence-electron chi connectivity index (χ4n) is 5.55. The van der Waals surface area contributed by atoms with Gasteiger partial charge >= 0.3 is 6.03 Å². The van der Waals surface area contributed by atoms with Crippen molar-refractivity contribution in [1.29, 1.82) is 5.26 Å². The van der Waals surface area contributed by atoms with Crippen molar-refractivity contribution < 1.29 is 4.79 Å². The molecule has 0 unspecified atom stereocenters. The second-order valence-corrected chi connectivity index (χ2v) is 9.86. The lowest BCUT2D eigenvalue weighted by Crippen LogP contribution is -2.61. The number of H-pyrrole nitrogens is 1. The molecule has 2 aliphatic carbocycles. The van der Waals surface area contributed by atoms with Crippen molar-refractivity contribution in [2.24, 2.45) is 0 Å². The van der Waals surface area contributed by atoms with E-state index in [1.165, 1.54) is 6.42 Å². The Hall–Kier alpha value is -3.45. The van der Waals surface area contributed by atoms with Gasteiger partial charge in [-0.25, -0.2) is 14.8 Å². The van der Waals surface area contributed by atoms with Crippen LogP contribution in [0.1, 0.15) is 38.5 Å². The molecule has 3 aromatic heterocycles. The summed E-state index contributed by atoms with van der Waals surface area (Å²) >= 11 is 0. The molecule has 2 amide bonds. The highest BCUT2D eigenvalue weighted by atomic mass is 16.2. The summed E-state index contributed by atoms with van der Waals surface area (Å²) in [4.78, 5) is 28.7. The third-order valence-electron chi connectivity index (χ3n) is 7.89. The molecule has 1 aliphatic heterocycles. The molecule has 4 heterocycles. The number of nitriles is 1. The minimum atomic E-state index is -0.291. The van der Waals surface area contributed by atoms with E-state index in [9.17, 15) is 10.1 Å². The summed E-state index contributed by atoms with van der Waals surface area (Å²) < 4.78 is 1.98. The summed E-state index contributed by atoms with van der Waals surface area (Å²) in [6.07, 6.45) is 12.9. The summed E-state index contributed by atoms with van der Waals surface area (Å²) in [7, 11) is 0. The van der Waals surface area contributed by atoms with Crippen molar-refractivity contribution in [1.82, 2.24) is 39.8 Å². The highest BCUT2D eigenvalue weighted by Gasteiger charge is 2.49. The number of carbonyl (C=O) groups is 1. The second-order valence-electron chi connectivity index (χ2n) is 9.86. The fraction of sp³-hybridized carbons (Fsp3) is 0.542. The number of aromatic amines is 1. The Bertz CT molecular complexity index is 1220. The Kier molecular flexibility index (Phi) is 5.21. The molecular formula is C24H29N9O. The van der Waals surface area contributed by atoms with Gasteiger partial charge in [-0.05, 0) is 38.2 Å². The molecule has 0 spiro atoms. The van der Waals surface area contributed by atoms with Gasteiger partial charge in [0, 0.05) is 61.6 Å². The molecule has 10 nitrogen and oxygen atoms in total. The van der Waals surface area contributed by atoms with Crippen molar-refractivity contribution in [3.05, 3.63) is 31.0 Å². The standard InChI is InChI=1S/C24H29N9O/c25-6-5-24(33-15-17(14-29-33)21-20-4-7-26-22(20)28-16-27-21)12-19(13-24)31-8-10-32(11-9-31)23(34)30-18-2-1-3-18/h4,7,14-16,18-19H,1-3,5,8-13H2,(H,30,34)(H,26,27,28)/t19-,24+. The number of piperazine rings is 1. The minimum absolute atomic E-state index is 0.0853. The molecule has 0 radical (unpaired) electrons. The van der Waals surface area contributed by atoms with Gasteiger partial charge in [-0.3, -0.25) is 9.58 Å². The van der Waals surface area contributed by atoms with E-state index in [-0.39, 0.29) is 11.6 Å². The van der Waals surface area contributed by atoms with Crippen LogP contribution in [-0.4, -0.2) is 78.8 Å². The molecule has 3 aliphatic rings. The number of urea groups is 1. The largest absolute Gasteiger partial charge is 0.346 e. The molecular weight excluding hydrogens is 430 g/mol. The Morgan fingerprint density at radius 2 is 2.06 bits per heavy atom. The van der Waals surface area contributed by atoms with Crippen molar-refractivity contribution in [3.63, 3.8) is 0 Å². The monoisotopic (exact) mass is 459 g/mol. The lowest BCUT2D eigenvalue weighted by atomic mass is 9.70. The number of nitrogens with one attached hydrogen (secondary N) is 2. The van der Waals surface area contributed by atoms with Crippen molar-refractivity contribution >= 4 is 17.1 Å². The molecule has 3 aromatic rings. The van der Waals surface area contributed by atoms with Gasteiger partial charge in [0.25, 0.3) is 0 Å². The molecule has 6 rings (SSSR count). The Labute approximate surface area is 198 Å². The van der Waals surface area contributed by atoms with Crippen molar-refractivity contribution in [3.8, 4) is 17.3 Å². The molecule has 10 heteroatoms. The van der Waals surface area contributed by atoms with E-state index >= 15 is 0 Å². The molecule has 0 atom stereocenters. The number of hydrogen-bond acceptors (Lipinski definition) is 6. The number of fused-ring (bicyclic) bond motifs is 1. The van der Waals surface area contributed by atoms with E-state index in [1.54, 1.807) is 6.33 Å². The van der Waals surface area contributed by atoms with Crippen LogP contribution in [-0.2, 0) is 5.54 Å². The topological polar surface area (TPSA) is 119 Å². The SMILES string of the molecule is N#CC[C@]1(n2cc(-c3ncnc4[nH]ccc34)cn2)C[C@@H](N2CCN(C(=O)NC3CCC3)CC2)C1. The molecule has 0 aromatic carbocycles. The lowest BCUT2D eigenvalue weighted by molar-refractivity contribution is -0.0132.